The second kappa shape index (κ2) is 10.6. The molecule has 1 heterocycles. The second-order valence-electron chi connectivity index (χ2n) is 7.45. The number of halogens is 2. The number of aromatic nitrogens is 2. The number of ether oxygens (including phenoxy) is 1. The Morgan fingerprint density at radius 3 is 2.65 bits per heavy atom. The normalized spacial score (nSPS) is 12.6. The van der Waals surface area contributed by atoms with Crippen molar-refractivity contribution in [3.8, 4) is 5.75 Å². The van der Waals surface area contributed by atoms with Gasteiger partial charge in [-0.2, -0.15) is 5.10 Å². The molecule has 34 heavy (non-hydrogen) atoms. The van der Waals surface area contributed by atoms with Crippen LogP contribution in [0.25, 0.3) is 10.9 Å². The number of anilines is 1. The predicted molar refractivity (Wildman–Crippen MR) is 133 cm³/mol. The maximum atomic E-state index is 12.6. The SMILES string of the molecule is O=S(=O)(Nc1cc(C(O)CNCCOc2ccc3c(Cl)n[nH]c3c2)ccc1Cl)c1ccccc1. The Morgan fingerprint density at radius 2 is 1.85 bits per heavy atom. The molecule has 0 fully saturated rings. The predicted octanol–water partition coefficient (Wildman–Crippen LogP) is 4.37. The maximum Gasteiger partial charge on any atom is 0.261 e. The van der Waals surface area contributed by atoms with Gasteiger partial charge in [0.05, 0.1) is 27.2 Å². The van der Waals surface area contributed by atoms with Gasteiger partial charge in [-0.15, -0.1) is 0 Å². The Bertz CT molecular complexity index is 1380. The van der Waals surface area contributed by atoms with Crippen LogP contribution in [0.4, 0.5) is 5.69 Å². The molecule has 178 valence electrons. The van der Waals surface area contributed by atoms with Crippen molar-refractivity contribution in [3.63, 3.8) is 0 Å². The quantitative estimate of drug-likeness (QED) is 0.230. The largest absolute Gasteiger partial charge is 0.492 e. The first-order valence-corrected chi connectivity index (χ1v) is 12.6. The minimum atomic E-state index is -3.80. The highest BCUT2D eigenvalue weighted by molar-refractivity contribution is 7.92. The molecule has 0 saturated heterocycles. The average Bonchev–Trinajstić information content (AvgIpc) is 3.20. The summed E-state index contributed by atoms with van der Waals surface area (Å²) in [4.78, 5) is 0.119. The van der Waals surface area contributed by atoms with Crippen LogP contribution in [0.1, 0.15) is 11.7 Å². The minimum Gasteiger partial charge on any atom is -0.492 e. The average molecular weight is 521 g/mol. The summed E-state index contributed by atoms with van der Waals surface area (Å²) in [5.41, 5.74) is 1.50. The number of rotatable bonds is 10. The molecule has 3 aromatic carbocycles. The van der Waals surface area contributed by atoms with Crippen LogP contribution in [-0.2, 0) is 10.0 Å². The zero-order chi connectivity index (χ0) is 24.1. The van der Waals surface area contributed by atoms with Crippen LogP contribution < -0.4 is 14.8 Å². The van der Waals surface area contributed by atoms with E-state index >= 15 is 0 Å². The second-order valence-corrected chi connectivity index (χ2v) is 9.90. The van der Waals surface area contributed by atoms with Crippen LogP contribution in [0.15, 0.2) is 71.6 Å². The number of sulfonamides is 1. The van der Waals surface area contributed by atoms with Crippen LogP contribution in [0.5, 0.6) is 5.75 Å². The first-order valence-electron chi connectivity index (χ1n) is 10.4. The summed E-state index contributed by atoms with van der Waals surface area (Å²) in [6.07, 6.45) is -0.874. The number of aliphatic hydroxyl groups excluding tert-OH is 1. The Morgan fingerprint density at radius 1 is 1.06 bits per heavy atom. The molecule has 1 unspecified atom stereocenters. The lowest BCUT2D eigenvalue weighted by Gasteiger charge is -2.16. The molecule has 0 radical (unpaired) electrons. The van der Waals surface area contributed by atoms with Crippen molar-refractivity contribution >= 4 is 49.8 Å². The monoisotopic (exact) mass is 520 g/mol. The molecule has 1 atom stereocenters. The topological polar surface area (TPSA) is 116 Å². The molecule has 4 aromatic rings. The van der Waals surface area contributed by atoms with Crippen molar-refractivity contribution < 1.29 is 18.3 Å². The number of benzene rings is 3. The molecule has 8 nitrogen and oxygen atoms in total. The molecule has 0 aliphatic heterocycles. The van der Waals surface area contributed by atoms with Gasteiger partial charge in [0, 0.05) is 24.5 Å². The van der Waals surface area contributed by atoms with Gasteiger partial charge in [0.2, 0.25) is 0 Å². The van der Waals surface area contributed by atoms with Gasteiger partial charge in [0.25, 0.3) is 10.0 Å². The van der Waals surface area contributed by atoms with Crippen molar-refractivity contribution in [1.82, 2.24) is 15.5 Å². The molecule has 1 aromatic heterocycles. The first kappa shape index (κ1) is 24.3. The third kappa shape index (κ3) is 5.81. The molecule has 0 saturated carbocycles. The lowest BCUT2D eigenvalue weighted by molar-refractivity contribution is 0.172. The van der Waals surface area contributed by atoms with Crippen molar-refractivity contribution in [2.75, 3.05) is 24.4 Å². The molecule has 4 N–H and O–H groups in total. The number of hydrogen-bond acceptors (Lipinski definition) is 6. The van der Waals surface area contributed by atoms with Gasteiger partial charge in [0.1, 0.15) is 12.4 Å². The highest BCUT2D eigenvalue weighted by Crippen LogP contribution is 2.28. The van der Waals surface area contributed by atoms with E-state index in [-0.39, 0.29) is 22.2 Å². The van der Waals surface area contributed by atoms with Crippen LogP contribution in [0.3, 0.4) is 0 Å². The van der Waals surface area contributed by atoms with Gasteiger partial charge in [-0.1, -0.05) is 47.5 Å². The van der Waals surface area contributed by atoms with E-state index in [9.17, 15) is 13.5 Å². The summed E-state index contributed by atoms with van der Waals surface area (Å²) in [6, 6.07) is 18.2. The van der Waals surface area contributed by atoms with Gasteiger partial charge in [-0.25, -0.2) is 8.42 Å². The Balaban J connectivity index is 1.30. The Labute approximate surface area is 206 Å². The van der Waals surface area contributed by atoms with Gasteiger partial charge in [-0.3, -0.25) is 9.82 Å². The van der Waals surface area contributed by atoms with Gasteiger partial charge < -0.3 is 15.2 Å². The van der Waals surface area contributed by atoms with E-state index in [4.69, 9.17) is 27.9 Å². The van der Waals surface area contributed by atoms with E-state index in [1.807, 2.05) is 18.2 Å². The summed E-state index contributed by atoms with van der Waals surface area (Å²) >= 11 is 12.2. The lowest BCUT2D eigenvalue weighted by Crippen LogP contribution is -2.26. The van der Waals surface area contributed by atoms with Crippen LogP contribution in [0, 0.1) is 0 Å². The molecule has 4 rings (SSSR count). The first-order chi connectivity index (χ1) is 16.3. The summed E-state index contributed by atoms with van der Waals surface area (Å²) in [7, 11) is -3.80. The smallest absolute Gasteiger partial charge is 0.261 e. The third-order valence-corrected chi connectivity index (χ3v) is 7.05. The highest BCUT2D eigenvalue weighted by atomic mass is 35.5. The lowest BCUT2D eigenvalue weighted by atomic mass is 10.1. The van der Waals surface area contributed by atoms with Gasteiger partial charge >= 0.3 is 0 Å². The molecular formula is C23H22Cl2N4O4S. The van der Waals surface area contributed by atoms with Crippen LogP contribution in [-0.4, -0.2) is 43.4 Å². The van der Waals surface area contributed by atoms with E-state index < -0.39 is 16.1 Å². The van der Waals surface area contributed by atoms with Crippen molar-refractivity contribution in [1.29, 1.82) is 0 Å². The third-order valence-electron chi connectivity index (χ3n) is 5.05. The van der Waals surface area contributed by atoms with Crippen molar-refractivity contribution in [3.05, 3.63) is 82.5 Å². The van der Waals surface area contributed by atoms with E-state index in [0.29, 0.717) is 29.6 Å². The summed E-state index contributed by atoms with van der Waals surface area (Å²) < 4.78 is 33.4. The fourth-order valence-electron chi connectivity index (χ4n) is 3.28. The molecule has 0 spiro atoms. The number of aromatic amines is 1. The van der Waals surface area contributed by atoms with E-state index in [2.05, 4.69) is 20.2 Å². The molecule has 11 heteroatoms. The molecule has 0 aliphatic rings. The summed E-state index contributed by atoms with van der Waals surface area (Å²) in [6.45, 7) is 1.10. The maximum absolute atomic E-state index is 12.6. The van der Waals surface area contributed by atoms with Crippen LogP contribution >= 0.6 is 23.2 Å². The van der Waals surface area contributed by atoms with E-state index in [1.165, 1.54) is 18.2 Å². The Kier molecular flexibility index (Phi) is 7.60. The fraction of sp³-hybridized carbons (Fsp3) is 0.174. The van der Waals surface area contributed by atoms with E-state index in [1.54, 1.807) is 30.3 Å². The number of aliphatic hydroxyl groups is 1. The molecule has 0 aliphatic carbocycles. The summed E-state index contributed by atoms with van der Waals surface area (Å²) in [5, 5.41) is 21.9. The fourth-order valence-corrected chi connectivity index (χ4v) is 4.80. The van der Waals surface area contributed by atoms with Gasteiger partial charge in [-0.05, 0) is 42.0 Å². The molecule has 0 bridgehead atoms. The zero-order valence-electron chi connectivity index (χ0n) is 17.8. The summed E-state index contributed by atoms with van der Waals surface area (Å²) in [5.74, 6) is 0.670. The van der Waals surface area contributed by atoms with Crippen molar-refractivity contribution in [2.24, 2.45) is 0 Å². The van der Waals surface area contributed by atoms with Gasteiger partial charge in [0.15, 0.2) is 5.15 Å². The highest BCUT2D eigenvalue weighted by Gasteiger charge is 2.17. The van der Waals surface area contributed by atoms with E-state index in [0.717, 1.165) is 10.9 Å². The number of hydrogen-bond donors (Lipinski definition) is 4. The molecular weight excluding hydrogens is 499 g/mol. The molecule has 0 amide bonds. The van der Waals surface area contributed by atoms with Crippen molar-refractivity contribution in [2.45, 2.75) is 11.0 Å². The van der Waals surface area contributed by atoms with Crippen LogP contribution in [0.2, 0.25) is 10.2 Å². The standard InChI is InChI=1S/C23H22Cl2N4O4S/c24-19-9-6-15(12-21(19)29-34(31,32)17-4-2-1-3-5-17)22(30)14-26-10-11-33-16-7-8-18-20(13-16)27-28-23(18)25/h1-9,12-13,22,26,29-30H,10-11,14H2,(H,27,28). The number of nitrogens with zero attached hydrogens (tertiary/aromatic N) is 1. The number of nitrogens with one attached hydrogen (secondary N) is 3. The number of fused-ring (bicyclic) bond motifs is 1. The minimum absolute atomic E-state index is 0.119. The number of H-pyrrole nitrogens is 1. The zero-order valence-corrected chi connectivity index (χ0v) is 20.2. The Hall–Kier alpha value is -2.82.